The highest BCUT2D eigenvalue weighted by molar-refractivity contribution is 6.03. The van der Waals surface area contributed by atoms with Gasteiger partial charge in [-0.05, 0) is 25.1 Å². The maximum Gasteiger partial charge on any atom is 0.266 e. The first-order valence-electron chi connectivity index (χ1n) is 9.33. The van der Waals surface area contributed by atoms with Gasteiger partial charge in [-0.25, -0.2) is 15.0 Å². The molecule has 1 N–H and O–H groups in total. The van der Waals surface area contributed by atoms with Crippen molar-refractivity contribution in [2.75, 3.05) is 5.32 Å². The Morgan fingerprint density at radius 1 is 1.03 bits per heavy atom. The van der Waals surface area contributed by atoms with Crippen LogP contribution in [0.5, 0.6) is 11.5 Å². The molecule has 0 fully saturated rings. The summed E-state index contributed by atoms with van der Waals surface area (Å²) in [4.78, 5) is 41.3. The van der Waals surface area contributed by atoms with Crippen molar-refractivity contribution in [2.45, 2.75) is 6.92 Å². The zero-order chi connectivity index (χ0) is 22.0. The van der Waals surface area contributed by atoms with Crippen LogP contribution in [0.4, 0.5) is 5.82 Å². The fourth-order valence-corrected chi connectivity index (χ4v) is 2.84. The van der Waals surface area contributed by atoms with Crippen LogP contribution in [0, 0.1) is 6.92 Å². The summed E-state index contributed by atoms with van der Waals surface area (Å²) >= 11 is 0. The van der Waals surface area contributed by atoms with Crippen LogP contribution >= 0.6 is 0 Å². The number of aromatic nitrogens is 6. The van der Waals surface area contributed by atoms with E-state index in [1.54, 1.807) is 57.0 Å². The van der Waals surface area contributed by atoms with Gasteiger partial charge in [0, 0.05) is 32.6 Å². The smallest absolute Gasteiger partial charge is 0.266 e. The Morgan fingerprint density at radius 3 is 2.58 bits per heavy atom. The van der Waals surface area contributed by atoms with Gasteiger partial charge in [0.15, 0.2) is 0 Å². The molecule has 0 aliphatic rings. The first-order chi connectivity index (χ1) is 14.9. The SMILES string of the molecule is Cc1ncc(C(=O)Nc2ccc(Oc3ccnc(-c4cncn4C)c3)cn2)c(=O)n1C. The van der Waals surface area contributed by atoms with Crippen LogP contribution in [0.3, 0.4) is 0 Å². The molecule has 0 unspecified atom stereocenters. The third kappa shape index (κ3) is 4.17. The summed E-state index contributed by atoms with van der Waals surface area (Å²) in [5, 5.41) is 2.59. The number of ether oxygens (including phenoxy) is 1. The number of carbonyl (C=O) groups excluding carboxylic acids is 1. The molecule has 10 heteroatoms. The molecular weight excluding hydrogens is 398 g/mol. The minimum atomic E-state index is -0.579. The Labute approximate surface area is 177 Å². The molecule has 4 rings (SSSR count). The van der Waals surface area contributed by atoms with Crippen LogP contribution < -0.4 is 15.6 Å². The fourth-order valence-electron chi connectivity index (χ4n) is 2.84. The molecule has 0 bridgehead atoms. The number of anilines is 1. The quantitative estimate of drug-likeness (QED) is 0.530. The third-order valence-corrected chi connectivity index (χ3v) is 4.67. The average molecular weight is 417 g/mol. The molecule has 10 nitrogen and oxygen atoms in total. The monoisotopic (exact) mass is 417 g/mol. The summed E-state index contributed by atoms with van der Waals surface area (Å²) < 4.78 is 9.02. The van der Waals surface area contributed by atoms with Crippen molar-refractivity contribution in [3.8, 4) is 22.9 Å². The second-order valence-corrected chi connectivity index (χ2v) is 6.79. The van der Waals surface area contributed by atoms with Crippen LogP contribution in [0.15, 0.2) is 60.2 Å². The number of hydrogen-bond donors (Lipinski definition) is 1. The number of nitrogens with zero attached hydrogens (tertiary/aromatic N) is 6. The Kier molecular flexibility index (Phi) is 5.27. The largest absolute Gasteiger partial charge is 0.456 e. The topological polar surface area (TPSA) is 117 Å². The highest BCUT2D eigenvalue weighted by Gasteiger charge is 2.14. The van der Waals surface area contributed by atoms with E-state index in [1.165, 1.54) is 17.0 Å². The lowest BCUT2D eigenvalue weighted by atomic mass is 10.2. The first-order valence-corrected chi connectivity index (χ1v) is 9.33. The summed E-state index contributed by atoms with van der Waals surface area (Å²) in [5.41, 5.74) is 1.10. The predicted molar refractivity (Wildman–Crippen MR) is 113 cm³/mol. The van der Waals surface area contributed by atoms with Crippen LogP contribution in [0.1, 0.15) is 16.2 Å². The van der Waals surface area contributed by atoms with Gasteiger partial charge in [0.05, 0.1) is 30.1 Å². The van der Waals surface area contributed by atoms with E-state index >= 15 is 0 Å². The number of carbonyl (C=O) groups is 1. The molecule has 156 valence electrons. The number of aryl methyl sites for hydroxylation is 2. The van der Waals surface area contributed by atoms with Gasteiger partial charge in [0.1, 0.15) is 28.7 Å². The van der Waals surface area contributed by atoms with Crippen molar-refractivity contribution in [2.24, 2.45) is 14.1 Å². The normalized spacial score (nSPS) is 10.7. The minimum absolute atomic E-state index is 0.0605. The van der Waals surface area contributed by atoms with Crippen LogP contribution in [0.2, 0.25) is 0 Å². The Bertz CT molecular complexity index is 1310. The van der Waals surface area contributed by atoms with E-state index in [0.29, 0.717) is 17.3 Å². The molecule has 31 heavy (non-hydrogen) atoms. The zero-order valence-electron chi connectivity index (χ0n) is 17.1. The summed E-state index contributed by atoms with van der Waals surface area (Å²) in [5.74, 6) is 1.28. The molecule has 4 aromatic heterocycles. The van der Waals surface area contributed by atoms with Gasteiger partial charge in [-0.15, -0.1) is 0 Å². The van der Waals surface area contributed by atoms with Crippen molar-refractivity contribution in [3.63, 3.8) is 0 Å². The Balaban J connectivity index is 1.47. The van der Waals surface area contributed by atoms with Crippen molar-refractivity contribution in [1.29, 1.82) is 0 Å². The molecule has 0 spiro atoms. The molecule has 0 aromatic carbocycles. The minimum Gasteiger partial charge on any atom is -0.456 e. The number of hydrogen-bond acceptors (Lipinski definition) is 7. The first kappa shape index (κ1) is 20.0. The van der Waals surface area contributed by atoms with E-state index in [9.17, 15) is 9.59 Å². The highest BCUT2D eigenvalue weighted by Crippen LogP contribution is 2.25. The van der Waals surface area contributed by atoms with Crippen molar-refractivity contribution in [3.05, 3.63) is 77.1 Å². The number of amides is 1. The van der Waals surface area contributed by atoms with E-state index in [-0.39, 0.29) is 11.4 Å². The molecule has 4 heterocycles. The second-order valence-electron chi connectivity index (χ2n) is 6.79. The van der Waals surface area contributed by atoms with Crippen molar-refractivity contribution >= 4 is 11.7 Å². The maximum atomic E-state index is 12.4. The van der Waals surface area contributed by atoms with E-state index in [1.807, 2.05) is 11.6 Å². The Morgan fingerprint density at radius 2 is 1.87 bits per heavy atom. The zero-order valence-corrected chi connectivity index (χ0v) is 17.1. The fraction of sp³-hybridized carbons (Fsp3) is 0.143. The summed E-state index contributed by atoms with van der Waals surface area (Å²) in [6.07, 6.45) is 7.81. The number of pyridine rings is 2. The molecule has 0 radical (unpaired) electrons. The van der Waals surface area contributed by atoms with Gasteiger partial charge in [-0.3, -0.25) is 19.1 Å². The van der Waals surface area contributed by atoms with Gasteiger partial charge < -0.3 is 14.6 Å². The number of rotatable bonds is 5. The number of imidazole rings is 1. The van der Waals surface area contributed by atoms with E-state index in [4.69, 9.17) is 4.74 Å². The second kappa shape index (κ2) is 8.19. The van der Waals surface area contributed by atoms with E-state index in [2.05, 4.69) is 25.3 Å². The molecule has 4 aromatic rings. The van der Waals surface area contributed by atoms with Crippen LogP contribution in [0.25, 0.3) is 11.4 Å². The lowest BCUT2D eigenvalue weighted by Gasteiger charge is -2.09. The summed E-state index contributed by atoms with van der Waals surface area (Å²) in [6.45, 7) is 1.69. The van der Waals surface area contributed by atoms with Gasteiger partial charge in [-0.1, -0.05) is 0 Å². The number of nitrogens with one attached hydrogen (secondary N) is 1. The lowest BCUT2D eigenvalue weighted by molar-refractivity contribution is 0.102. The maximum absolute atomic E-state index is 12.4. The van der Waals surface area contributed by atoms with E-state index < -0.39 is 11.5 Å². The average Bonchev–Trinajstić information content (AvgIpc) is 3.19. The molecule has 0 saturated heterocycles. The molecular formula is C21H19N7O3. The molecule has 0 aliphatic heterocycles. The van der Waals surface area contributed by atoms with Crippen LogP contribution in [-0.4, -0.2) is 35.0 Å². The highest BCUT2D eigenvalue weighted by atomic mass is 16.5. The van der Waals surface area contributed by atoms with Crippen molar-refractivity contribution < 1.29 is 9.53 Å². The molecule has 0 aliphatic carbocycles. The standard InChI is InChI=1S/C21H19N7O3/c1-13-24-10-16(21(30)28(13)3)20(29)26-19-5-4-15(9-25-19)31-14-6-7-23-17(8-14)18-11-22-12-27(18)2/h4-12H,1-3H3,(H,25,26,29). The molecule has 0 atom stereocenters. The molecule has 0 saturated carbocycles. The lowest BCUT2D eigenvalue weighted by Crippen LogP contribution is -2.29. The summed E-state index contributed by atoms with van der Waals surface area (Å²) in [7, 11) is 3.45. The van der Waals surface area contributed by atoms with Crippen molar-refractivity contribution in [1.82, 2.24) is 29.1 Å². The van der Waals surface area contributed by atoms with Gasteiger partial charge in [0.2, 0.25) is 0 Å². The predicted octanol–water partition coefficient (Wildman–Crippen LogP) is 2.32. The molecule has 1 amide bonds. The third-order valence-electron chi connectivity index (χ3n) is 4.67. The van der Waals surface area contributed by atoms with Gasteiger partial charge in [0.25, 0.3) is 11.5 Å². The summed E-state index contributed by atoms with van der Waals surface area (Å²) in [6, 6.07) is 6.78. The van der Waals surface area contributed by atoms with E-state index in [0.717, 1.165) is 11.4 Å². The van der Waals surface area contributed by atoms with Gasteiger partial charge >= 0.3 is 0 Å². The Hall–Kier alpha value is -4.34. The van der Waals surface area contributed by atoms with Gasteiger partial charge in [-0.2, -0.15) is 0 Å². The van der Waals surface area contributed by atoms with Crippen LogP contribution in [-0.2, 0) is 14.1 Å².